The molecule has 1 atom stereocenters. The summed E-state index contributed by atoms with van der Waals surface area (Å²) >= 11 is 0. The second kappa shape index (κ2) is 6.59. The van der Waals surface area contributed by atoms with Crippen LogP contribution in [0.3, 0.4) is 0 Å². The summed E-state index contributed by atoms with van der Waals surface area (Å²) in [5, 5.41) is 0. The molecule has 0 aliphatic heterocycles. The lowest BCUT2D eigenvalue weighted by Gasteiger charge is -2.23. The van der Waals surface area contributed by atoms with Gasteiger partial charge in [-0.15, -0.1) is 0 Å². The second-order valence-corrected chi connectivity index (χ2v) is 7.29. The lowest BCUT2D eigenvalue weighted by Crippen LogP contribution is -2.07. The van der Waals surface area contributed by atoms with Crippen LogP contribution in [-0.4, -0.2) is 7.11 Å². The predicted octanol–water partition coefficient (Wildman–Crippen LogP) is 6.28. The molecular formula is C26H22O. The fourth-order valence-electron chi connectivity index (χ4n) is 4.52. The Morgan fingerprint density at radius 3 is 2.44 bits per heavy atom. The number of methoxy groups -OCH3 is 1. The summed E-state index contributed by atoms with van der Waals surface area (Å²) in [4.78, 5) is 0. The Bertz CT molecular complexity index is 1050. The van der Waals surface area contributed by atoms with Crippen molar-refractivity contribution in [1.29, 1.82) is 0 Å². The molecule has 2 aliphatic carbocycles. The smallest absolute Gasteiger partial charge is 0.118 e. The molecule has 3 aromatic carbocycles. The van der Waals surface area contributed by atoms with Crippen molar-refractivity contribution in [2.75, 3.05) is 7.11 Å². The number of hydrogen-bond acceptors (Lipinski definition) is 1. The zero-order valence-electron chi connectivity index (χ0n) is 15.5. The Balaban J connectivity index is 1.65. The van der Waals surface area contributed by atoms with Gasteiger partial charge in [0.05, 0.1) is 7.11 Å². The average molecular weight is 350 g/mol. The van der Waals surface area contributed by atoms with Crippen LogP contribution < -0.4 is 4.74 Å². The first-order valence-corrected chi connectivity index (χ1v) is 9.55. The molecule has 132 valence electrons. The number of fused-ring (bicyclic) bond motifs is 3. The fraction of sp³-hybridized carbons (Fsp3) is 0.154. The first kappa shape index (κ1) is 16.1. The maximum Gasteiger partial charge on any atom is 0.118 e. The average Bonchev–Trinajstić information content (AvgIpc) is 3.37. The van der Waals surface area contributed by atoms with Crippen LogP contribution in [-0.2, 0) is 6.42 Å². The topological polar surface area (TPSA) is 9.23 Å². The molecule has 1 heteroatoms. The van der Waals surface area contributed by atoms with Gasteiger partial charge in [-0.3, -0.25) is 0 Å². The van der Waals surface area contributed by atoms with E-state index >= 15 is 0 Å². The maximum absolute atomic E-state index is 5.37. The molecule has 2 aliphatic rings. The van der Waals surface area contributed by atoms with Crippen LogP contribution in [0.4, 0.5) is 0 Å². The molecule has 0 N–H and O–H groups in total. The third kappa shape index (κ3) is 2.71. The van der Waals surface area contributed by atoms with E-state index in [9.17, 15) is 0 Å². The van der Waals surface area contributed by atoms with Gasteiger partial charge < -0.3 is 4.74 Å². The molecule has 0 radical (unpaired) electrons. The van der Waals surface area contributed by atoms with Crippen molar-refractivity contribution in [1.82, 2.24) is 0 Å². The Morgan fingerprint density at radius 2 is 1.67 bits per heavy atom. The van der Waals surface area contributed by atoms with Crippen molar-refractivity contribution in [2.45, 2.75) is 18.8 Å². The van der Waals surface area contributed by atoms with E-state index in [1.165, 1.54) is 39.0 Å². The molecule has 0 saturated carbocycles. The van der Waals surface area contributed by atoms with Crippen molar-refractivity contribution >= 4 is 0 Å². The van der Waals surface area contributed by atoms with Crippen LogP contribution in [0, 0.1) is 0 Å². The maximum atomic E-state index is 5.37. The summed E-state index contributed by atoms with van der Waals surface area (Å²) < 4.78 is 5.37. The molecule has 1 nitrogen and oxygen atoms in total. The van der Waals surface area contributed by atoms with Crippen molar-refractivity contribution in [3.8, 4) is 16.9 Å². The van der Waals surface area contributed by atoms with Gasteiger partial charge in [0.2, 0.25) is 0 Å². The SMILES string of the molecule is COc1ccc(C(C2=CC=CC2)c2cccc3c2Cc2ccccc2-3)cc1. The zero-order valence-corrected chi connectivity index (χ0v) is 15.5. The minimum atomic E-state index is 0.287. The van der Waals surface area contributed by atoms with Crippen molar-refractivity contribution < 1.29 is 4.74 Å². The van der Waals surface area contributed by atoms with Crippen LogP contribution in [0.1, 0.15) is 34.6 Å². The summed E-state index contributed by atoms with van der Waals surface area (Å²) in [5.41, 5.74) is 9.93. The summed E-state index contributed by atoms with van der Waals surface area (Å²) in [6.07, 6.45) is 8.77. The van der Waals surface area contributed by atoms with Crippen LogP contribution >= 0.6 is 0 Å². The first-order valence-electron chi connectivity index (χ1n) is 9.55. The van der Waals surface area contributed by atoms with Crippen molar-refractivity contribution in [3.63, 3.8) is 0 Å². The van der Waals surface area contributed by atoms with E-state index in [0.717, 1.165) is 18.6 Å². The highest BCUT2D eigenvalue weighted by atomic mass is 16.5. The standard InChI is InChI=1S/C26H22O/c1-27-21-15-13-19(14-16-21)26(18-7-2-3-8-18)24-12-6-11-23-22-10-5-4-9-20(22)17-25(23)24/h2-7,9-16,26H,8,17H2,1H3. The highest BCUT2D eigenvalue weighted by Gasteiger charge is 2.27. The van der Waals surface area contributed by atoms with Gasteiger partial charge in [0.1, 0.15) is 5.75 Å². The fourth-order valence-corrected chi connectivity index (χ4v) is 4.52. The van der Waals surface area contributed by atoms with Gasteiger partial charge in [-0.25, -0.2) is 0 Å². The summed E-state index contributed by atoms with van der Waals surface area (Å²) in [6.45, 7) is 0. The molecule has 0 fully saturated rings. The summed E-state index contributed by atoms with van der Waals surface area (Å²) in [5.74, 6) is 1.19. The quantitative estimate of drug-likeness (QED) is 0.420. The largest absolute Gasteiger partial charge is 0.497 e. The summed E-state index contributed by atoms with van der Waals surface area (Å²) in [7, 11) is 1.72. The van der Waals surface area contributed by atoms with E-state index < -0.39 is 0 Å². The van der Waals surface area contributed by atoms with Crippen LogP contribution in [0.5, 0.6) is 5.75 Å². The number of benzene rings is 3. The number of ether oxygens (including phenoxy) is 1. The number of rotatable bonds is 4. The molecule has 0 aromatic heterocycles. The van der Waals surface area contributed by atoms with Crippen LogP contribution in [0.25, 0.3) is 11.1 Å². The molecule has 0 spiro atoms. The molecule has 5 rings (SSSR count). The van der Waals surface area contributed by atoms with Gasteiger partial charge in [0.15, 0.2) is 0 Å². The number of allylic oxidation sites excluding steroid dienone is 4. The van der Waals surface area contributed by atoms with E-state index in [1.54, 1.807) is 7.11 Å². The summed E-state index contributed by atoms with van der Waals surface area (Å²) in [6, 6.07) is 24.2. The molecule has 0 saturated heterocycles. The Labute approximate surface area is 160 Å². The molecule has 0 bridgehead atoms. The third-order valence-corrected chi connectivity index (χ3v) is 5.82. The predicted molar refractivity (Wildman–Crippen MR) is 111 cm³/mol. The molecule has 0 amide bonds. The van der Waals surface area contributed by atoms with Crippen LogP contribution in [0.15, 0.2) is 90.5 Å². The Kier molecular flexibility index (Phi) is 3.94. The van der Waals surface area contributed by atoms with Gasteiger partial charge in [0.25, 0.3) is 0 Å². The van der Waals surface area contributed by atoms with Crippen molar-refractivity contribution in [3.05, 3.63) is 113 Å². The highest BCUT2D eigenvalue weighted by Crippen LogP contribution is 2.44. The third-order valence-electron chi connectivity index (χ3n) is 5.82. The monoisotopic (exact) mass is 350 g/mol. The first-order chi connectivity index (χ1) is 13.3. The lowest BCUT2D eigenvalue weighted by atomic mass is 9.81. The molecule has 3 aromatic rings. The van der Waals surface area contributed by atoms with Gasteiger partial charge >= 0.3 is 0 Å². The molecular weight excluding hydrogens is 328 g/mol. The minimum Gasteiger partial charge on any atom is -0.497 e. The minimum absolute atomic E-state index is 0.287. The van der Waals surface area contributed by atoms with Gasteiger partial charge in [0, 0.05) is 5.92 Å². The molecule has 1 unspecified atom stereocenters. The van der Waals surface area contributed by atoms with Gasteiger partial charge in [-0.05, 0) is 58.4 Å². The lowest BCUT2D eigenvalue weighted by molar-refractivity contribution is 0.414. The molecule has 0 heterocycles. The Morgan fingerprint density at radius 1 is 0.852 bits per heavy atom. The van der Waals surface area contributed by atoms with E-state index in [0.29, 0.717) is 0 Å². The Hall–Kier alpha value is -3.06. The molecule has 27 heavy (non-hydrogen) atoms. The van der Waals surface area contributed by atoms with E-state index in [1.807, 2.05) is 0 Å². The van der Waals surface area contributed by atoms with Gasteiger partial charge in [-0.2, -0.15) is 0 Å². The second-order valence-electron chi connectivity index (χ2n) is 7.29. The van der Waals surface area contributed by atoms with Gasteiger partial charge in [-0.1, -0.05) is 78.4 Å². The van der Waals surface area contributed by atoms with E-state index in [2.05, 4.69) is 85.0 Å². The number of hydrogen-bond donors (Lipinski definition) is 0. The van der Waals surface area contributed by atoms with Crippen LogP contribution in [0.2, 0.25) is 0 Å². The highest BCUT2D eigenvalue weighted by molar-refractivity contribution is 5.78. The normalized spacial score (nSPS) is 15.2. The zero-order chi connectivity index (χ0) is 18.2. The van der Waals surface area contributed by atoms with Crippen molar-refractivity contribution in [2.24, 2.45) is 0 Å². The van der Waals surface area contributed by atoms with E-state index in [-0.39, 0.29) is 5.92 Å². The van der Waals surface area contributed by atoms with E-state index in [4.69, 9.17) is 4.74 Å².